The predicted octanol–water partition coefficient (Wildman–Crippen LogP) is 2.16. The minimum Gasteiger partial charge on any atom is -0.303 e. The van der Waals surface area contributed by atoms with Crippen molar-refractivity contribution in [2.75, 3.05) is 0 Å². The van der Waals surface area contributed by atoms with Crippen LogP contribution in [0.1, 0.15) is 38.5 Å². The van der Waals surface area contributed by atoms with Gasteiger partial charge in [0.25, 0.3) is 0 Å². The fraction of sp³-hybridized carbons (Fsp3) is 0.889. The number of hydrogen-bond acceptors (Lipinski definition) is 1. The molecule has 56 valence electrons. The van der Waals surface area contributed by atoms with Gasteiger partial charge in [0.15, 0.2) is 0 Å². The van der Waals surface area contributed by atoms with E-state index in [9.17, 15) is 4.79 Å². The van der Waals surface area contributed by atoms with E-state index in [1.807, 2.05) is 0 Å². The zero-order valence-corrected chi connectivity index (χ0v) is 6.31. The van der Waals surface area contributed by atoms with Crippen LogP contribution in [-0.4, -0.2) is 6.29 Å². The monoisotopic (exact) mass is 138 g/mol. The van der Waals surface area contributed by atoms with Crippen molar-refractivity contribution >= 4 is 6.29 Å². The van der Waals surface area contributed by atoms with Gasteiger partial charge in [-0.3, -0.25) is 0 Å². The van der Waals surface area contributed by atoms with E-state index in [-0.39, 0.29) is 5.41 Å². The summed E-state index contributed by atoms with van der Waals surface area (Å²) in [6.07, 6.45) is 8.88. The van der Waals surface area contributed by atoms with E-state index in [2.05, 4.69) is 0 Å². The van der Waals surface area contributed by atoms with Gasteiger partial charge < -0.3 is 4.79 Å². The van der Waals surface area contributed by atoms with E-state index in [1.165, 1.54) is 44.8 Å². The largest absolute Gasteiger partial charge is 0.303 e. The average molecular weight is 138 g/mol. The first kappa shape index (κ1) is 6.38. The van der Waals surface area contributed by atoms with Gasteiger partial charge in [-0.1, -0.05) is 12.8 Å². The van der Waals surface area contributed by atoms with Crippen molar-refractivity contribution < 1.29 is 4.79 Å². The van der Waals surface area contributed by atoms with Crippen molar-refractivity contribution in [3.05, 3.63) is 0 Å². The molecule has 2 rings (SSSR count). The van der Waals surface area contributed by atoms with Gasteiger partial charge in [0.05, 0.1) is 0 Å². The molecule has 0 atom stereocenters. The molecule has 2 saturated carbocycles. The van der Waals surface area contributed by atoms with Crippen molar-refractivity contribution in [2.24, 2.45) is 11.3 Å². The summed E-state index contributed by atoms with van der Waals surface area (Å²) in [6.45, 7) is 0. The van der Waals surface area contributed by atoms with Crippen LogP contribution in [0.5, 0.6) is 0 Å². The molecular weight excluding hydrogens is 124 g/mol. The van der Waals surface area contributed by atoms with E-state index in [0.717, 1.165) is 5.92 Å². The van der Waals surface area contributed by atoms with Crippen LogP contribution in [0.25, 0.3) is 0 Å². The molecule has 1 nitrogen and oxygen atoms in total. The fourth-order valence-corrected chi connectivity index (χ4v) is 2.19. The predicted molar refractivity (Wildman–Crippen MR) is 39.7 cm³/mol. The van der Waals surface area contributed by atoms with Crippen LogP contribution in [0, 0.1) is 11.3 Å². The third-order valence-corrected chi connectivity index (χ3v) is 3.44. The first-order chi connectivity index (χ1) is 4.87. The summed E-state index contributed by atoms with van der Waals surface area (Å²) in [7, 11) is 0. The summed E-state index contributed by atoms with van der Waals surface area (Å²) >= 11 is 0. The third-order valence-electron chi connectivity index (χ3n) is 3.44. The van der Waals surface area contributed by atoms with Crippen molar-refractivity contribution in [3.8, 4) is 0 Å². The lowest BCUT2D eigenvalue weighted by molar-refractivity contribution is -0.127. The molecule has 0 saturated heterocycles. The quantitative estimate of drug-likeness (QED) is 0.534. The van der Waals surface area contributed by atoms with Crippen LogP contribution in [0.15, 0.2) is 0 Å². The fourth-order valence-electron chi connectivity index (χ4n) is 2.19. The van der Waals surface area contributed by atoms with E-state index in [1.54, 1.807) is 0 Å². The Balaban J connectivity index is 2.02. The highest BCUT2D eigenvalue weighted by Gasteiger charge is 2.45. The minimum atomic E-state index is 0.179. The highest BCUT2D eigenvalue weighted by atomic mass is 16.1. The number of aldehydes is 1. The lowest BCUT2D eigenvalue weighted by atomic mass is 9.56. The Morgan fingerprint density at radius 3 is 2.00 bits per heavy atom. The summed E-state index contributed by atoms with van der Waals surface area (Å²) in [4.78, 5) is 10.7. The maximum absolute atomic E-state index is 10.7. The van der Waals surface area contributed by atoms with E-state index in [0.29, 0.717) is 0 Å². The molecule has 0 unspecified atom stereocenters. The molecule has 2 aliphatic rings. The second-order valence-electron chi connectivity index (χ2n) is 3.83. The number of rotatable bonds is 2. The van der Waals surface area contributed by atoms with E-state index in [4.69, 9.17) is 0 Å². The maximum atomic E-state index is 10.7. The molecule has 10 heavy (non-hydrogen) atoms. The Morgan fingerprint density at radius 2 is 1.90 bits per heavy atom. The molecule has 2 aliphatic carbocycles. The lowest BCUT2D eigenvalue weighted by Gasteiger charge is -2.47. The summed E-state index contributed by atoms with van der Waals surface area (Å²) in [5, 5.41) is 0. The van der Waals surface area contributed by atoms with Gasteiger partial charge in [0.1, 0.15) is 6.29 Å². The van der Waals surface area contributed by atoms with E-state index >= 15 is 0 Å². The zero-order valence-electron chi connectivity index (χ0n) is 6.31. The minimum absolute atomic E-state index is 0.179. The molecule has 0 N–H and O–H groups in total. The van der Waals surface area contributed by atoms with Crippen molar-refractivity contribution in [3.63, 3.8) is 0 Å². The van der Waals surface area contributed by atoms with Gasteiger partial charge in [-0.2, -0.15) is 0 Å². The van der Waals surface area contributed by atoms with Gasteiger partial charge in [-0.25, -0.2) is 0 Å². The van der Waals surface area contributed by atoms with E-state index < -0.39 is 0 Å². The molecule has 0 bridgehead atoms. The van der Waals surface area contributed by atoms with Crippen molar-refractivity contribution in [2.45, 2.75) is 38.5 Å². The summed E-state index contributed by atoms with van der Waals surface area (Å²) in [6, 6.07) is 0. The molecule has 0 radical (unpaired) electrons. The molecule has 1 heteroatoms. The lowest BCUT2D eigenvalue weighted by Crippen LogP contribution is -2.42. The van der Waals surface area contributed by atoms with Crippen LogP contribution >= 0.6 is 0 Å². The molecule has 0 spiro atoms. The first-order valence-electron chi connectivity index (χ1n) is 4.34. The topological polar surface area (TPSA) is 17.1 Å². The van der Waals surface area contributed by atoms with Gasteiger partial charge in [0.2, 0.25) is 0 Å². The van der Waals surface area contributed by atoms with Gasteiger partial charge in [-0.05, 0) is 31.6 Å². The Hall–Kier alpha value is -0.330. The Morgan fingerprint density at radius 1 is 1.20 bits per heavy atom. The maximum Gasteiger partial charge on any atom is 0.126 e. The highest BCUT2D eigenvalue weighted by molar-refractivity contribution is 5.61. The molecule has 0 amide bonds. The molecule has 0 heterocycles. The Kier molecular flexibility index (Phi) is 1.33. The van der Waals surface area contributed by atoms with Crippen LogP contribution < -0.4 is 0 Å². The van der Waals surface area contributed by atoms with Crippen LogP contribution in [0.4, 0.5) is 0 Å². The second-order valence-corrected chi connectivity index (χ2v) is 3.83. The zero-order chi connectivity index (χ0) is 7.03. The number of hydrogen-bond donors (Lipinski definition) is 0. The van der Waals surface area contributed by atoms with Gasteiger partial charge in [0, 0.05) is 5.41 Å². The van der Waals surface area contributed by atoms with Crippen molar-refractivity contribution in [1.82, 2.24) is 0 Å². The van der Waals surface area contributed by atoms with Crippen molar-refractivity contribution in [1.29, 1.82) is 0 Å². The standard InChI is InChI=1S/C9H14O/c10-7-9(5-2-6-9)8-3-1-4-8/h7-8H,1-6H2. The third kappa shape index (κ3) is 0.664. The highest BCUT2D eigenvalue weighted by Crippen LogP contribution is 2.52. The molecule has 0 aromatic heterocycles. The molecule has 0 aromatic carbocycles. The summed E-state index contributed by atoms with van der Waals surface area (Å²) in [5.41, 5.74) is 0.179. The average Bonchev–Trinajstić information content (AvgIpc) is 1.73. The molecule has 2 fully saturated rings. The van der Waals surface area contributed by atoms with Gasteiger partial charge in [-0.15, -0.1) is 0 Å². The number of carbonyl (C=O) groups is 1. The summed E-state index contributed by atoms with van der Waals surface area (Å²) < 4.78 is 0. The first-order valence-corrected chi connectivity index (χ1v) is 4.34. The Bertz CT molecular complexity index is 143. The molecule has 0 aliphatic heterocycles. The van der Waals surface area contributed by atoms with Crippen LogP contribution in [0.2, 0.25) is 0 Å². The Labute approximate surface area is 61.8 Å². The molecular formula is C9H14O. The SMILES string of the molecule is O=CC1(C2CCC2)CCC1. The molecule has 0 aromatic rings. The summed E-state index contributed by atoms with van der Waals surface area (Å²) in [5.74, 6) is 0.777. The van der Waals surface area contributed by atoms with Gasteiger partial charge >= 0.3 is 0 Å². The van der Waals surface area contributed by atoms with Crippen LogP contribution in [-0.2, 0) is 4.79 Å². The van der Waals surface area contributed by atoms with Crippen LogP contribution in [0.3, 0.4) is 0 Å². The normalized spacial score (nSPS) is 30.4. The smallest absolute Gasteiger partial charge is 0.126 e. The number of carbonyl (C=O) groups excluding carboxylic acids is 1. The second kappa shape index (κ2) is 2.08.